The Morgan fingerprint density at radius 3 is 2.67 bits per heavy atom. The van der Waals surface area contributed by atoms with Crippen molar-refractivity contribution in [3.63, 3.8) is 0 Å². The molecule has 3 nitrogen and oxygen atoms in total. The smallest absolute Gasteiger partial charge is 0.137 e. The topological polar surface area (TPSA) is 41.5 Å². The number of hydrogen-bond donors (Lipinski definition) is 2. The molecule has 0 amide bonds. The molecule has 1 aromatic carbocycles. The molecule has 1 aliphatic rings. The average Bonchev–Trinajstić information content (AvgIpc) is 2.38. The van der Waals surface area contributed by atoms with E-state index in [0.717, 1.165) is 31.4 Å². The second kappa shape index (κ2) is 5.81. The summed E-state index contributed by atoms with van der Waals surface area (Å²) in [6, 6.07) is 5.57. The fourth-order valence-corrected chi connectivity index (χ4v) is 2.69. The number of aliphatic hydroxyl groups is 1. The molecule has 100 valence electrons. The minimum atomic E-state index is -0.565. The van der Waals surface area contributed by atoms with Gasteiger partial charge in [0, 0.05) is 12.2 Å². The van der Waals surface area contributed by atoms with Crippen LogP contribution in [0, 0.1) is 0 Å². The van der Waals surface area contributed by atoms with Crippen molar-refractivity contribution in [2.45, 2.75) is 37.7 Å². The number of anilines is 1. The first-order valence-corrected chi connectivity index (χ1v) is 6.81. The first kappa shape index (κ1) is 13.5. The van der Waals surface area contributed by atoms with Crippen LogP contribution in [-0.2, 0) is 0 Å². The number of halogens is 1. The van der Waals surface area contributed by atoms with Gasteiger partial charge in [-0.15, -0.1) is 0 Å². The average molecular weight is 270 g/mol. The maximum Gasteiger partial charge on any atom is 0.137 e. The first-order chi connectivity index (χ1) is 8.63. The third-order valence-corrected chi connectivity index (χ3v) is 3.85. The Morgan fingerprint density at radius 1 is 1.33 bits per heavy atom. The summed E-state index contributed by atoms with van der Waals surface area (Å²) < 4.78 is 5.11. The molecule has 0 unspecified atom stereocenters. The van der Waals surface area contributed by atoms with Crippen molar-refractivity contribution >= 4 is 17.3 Å². The summed E-state index contributed by atoms with van der Waals surface area (Å²) in [6.45, 7) is 0.579. The van der Waals surface area contributed by atoms with E-state index in [1.807, 2.05) is 18.2 Å². The Labute approximate surface area is 113 Å². The highest BCUT2D eigenvalue weighted by Gasteiger charge is 2.28. The Hall–Kier alpha value is -0.930. The normalized spacial score (nSPS) is 18.4. The SMILES string of the molecule is COc1ccc(NCC2(O)CCCCC2)cc1Cl. The van der Waals surface area contributed by atoms with Crippen LogP contribution in [0.4, 0.5) is 5.69 Å². The van der Waals surface area contributed by atoms with Gasteiger partial charge in [-0.25, -0.2) is 0 Å². The minimum Gasteiger partial charge on any atom is -0.495 e. The molecule has 0 radical (unpaired) electrons. The molecule has 0 saturated heterocycles. The predicted molar refractivity (Wildman–Crippen MR) is 74.5 cm³/mol. The highest BCUT2D eigenvalue weighted by atomic mass is 35.5. The molecule has 0 aliphatic heterocycles. The molecule has 2 rings (SSSR count). The third-order valence-electron chi connectivity index (χ3n) is 3.56. The summed E-state index contributed by atoms with van der Waals surface area (Å²) in [5.41, 5.74) is 0.352. The van der Waals surface area contributed by atoms with Crippen LogP contribution in [0.25, 0.3) is 0 Å². The van der Waals surface area contributed by atoms with Crippen LogP contribution < -0.4 is 10.1 Å². The molecule has 1 aliphatic carbocycles. The zero-order valence-electron chi connectivity index (χ0n) is 10.7. The van der Waals surface area contributed by atoms with Crippen molar-refractivity contribution in [1.82, 2.24) is 0 Å². The van der Waals surface area contributed by atoms with E-state index in [1.165, 1.54) is 6.42 Å². The number of nitrogens with one attached hydrogen (secondary N) is 1. The fraction of sp³-hybridized carbons (Fsp3) is 0.571. The van der Waals surface area contributed by atoms with E-state index in [1.54, 1.807) is 7.11 Å². The largest absolute Gasteiger partial charge is 0.495 e. The van der Waals surface area contributed by atoms with Gasteiger partial charge in [0.2, 0.25) is 0 Å². The number of methoxy groups -OCH3 is 1. The monoisotopic (exact) mass is 269 g/mol. The van der Waals surface area contributed by atoms with Crippen LogP contribution in [0.15, 0.2) is 18.2 Å². The molecular formula is C14H20ClNO2. The van der Waals surface area contributed by atoms with Crippen LogP contribution in [0.1, 0.15) is 32.1 Å². The Kier molecular flexibility index (Phi) is 4.36. The molecule has 4 heteroatoms. The molecule has 18 heavy (non-hydrogen) atoms. The number of rotatable bonds is 4. The molecular weight excluding hydrogens is 250 g/mol. The van der Waals surface area contributed by atoms with Gasteiger partial charge in [0.05, 0.1) is 17.7 Å². The van der Waals surface area contributed by atoms with E-state index in [0.29, 0.717) is 17.3 Å². The fourth-order valence-electron chi connectivity index (χ4n) is 2.43. The Morgan fingerprint density at radius 2 is 2.06 bits per heavy atom. The van der Waals surface area contributed by atoms with Gasteiger partial charge in [0.1, 0.15) is 5.75 Å². The van der Waals surface area contributed by atoms with Gasteiger partial charge < -0.3 is 15.2 Å². The first-order valence-electron chi connectivity index (χ1n) is 6.43. The van der Waals surface area contributed by atoms with Gasteiger partial charge in [-0.3, -0.25) is 0 Å². The van der Waals surface area contributed by atoms with Gasteiger partial charge in [-0.2, -0.15) is 0 Å². The van der Waals surface area contributed by atoms with Crippen molar-refractivity contribution in [2.75, 3.05) is 19.0 Å². The van der Waals surface area contributed by atoms with Gasteiger partial charge >= 0.3 is 0 Å². The van der Waals surface area contributed by atoms with Crippen LogP contribution in [0.2, 0.25) is 5.02 Å². The summed E-state index contributed by atoms with van der Waals surface area (Å²) >= 11 is 6.06. The summed E-state index contributed by atoms with van der Waals surface area (Å²) in [6.07, 6.45) is 5.22. The Balaban J connectivity index is 1.95. The summed E-state index contributed by atoms with van der Waals surface area (Å²) in [4.78, 5) is 0. The molecule has 2 N–H and O–H groups in total. The van der Waals surface area contributed by atoms with Gasteiger partial charge in [0.15, 0.2) is 0 Å². The van der Waals surface area contributed by atoms with E-state index in [9.17, 15) is 5.11 Å². The molecule has 1 aromatic rings. The second-order valence-electron chi connectivity index (χ2n) is 4.99. The summed E-state index contributed by atoms with van der Waals surface area (Å²) in [5.74, 6) is 0.665. The predicted octanol–water partition coefficient (Wildman–Crippen LogP) is 3.46. The minimum absolute atomic E-state index is 0.565. The summed E-state index contributed by atoms with van der Waals surface area (Å²) in [7, 11) is 1.60. The Bertz CT molecular complexity index is 403. The number of benzene rings is 1. The van der Waals surface area contributed by atoms with Crippen LogP contribution in [0.5, 0.6) is 5.75 Å². The lowest BCUT2D eigenvalue weighted by atomic mass is 9.85. The lowest BCUT2D eigenvalue weighted by molar-refractivity contribution is 0.0167. The number of ether oxygens (including phenoxy) is 1. The van der Waals surface area contributed by atoms with E-state index in [-0.39, 0.29) is 0 Å². The van der Waals surface area contributed by atoms with Gasteiger partial charge in [-0.05, 0) is 31.0 Å². The van der Waals surface area contributed by atoms with Crippen molar-refractivity contribution in [3.8, 4) is 5.75 Å². The highest BCUT2D eigenvalue weighted by Crippen LogP contribution is 2.30. The van der Waals surface area contributed by atoms with E-state index in [2.05, 4.69) is 5.32 Å². The maximum absolute atomic E-state index is 10.4. The lowest BCUT2D eigenvalue weighted by Crippen LogP contribution is -2.38. The third kappa shape index (κ3) is 3.30. The molecule has 0 heterocycles. The van der Waals surface area contributed by atoms with Crippen molar-refractivity contribution in [2.24, 2.45) is 0 Å². The second-order valence-corrected chi connectivity index (χ2v) is 5.40. The van der Waals surface area contributed by atoms with Crippen LogP contribution >= 0.6 is 11.6 Å². The molecule has 1 saturated carbocycles. The van der Waals surface area contributed by atoms with Crippen molar-refractivity contribution in [1.29, 1.82) is 0 Å². The van der Waals surface area contributed by atoms with Gasteiger partial charge in [-0.1, -0.05) is 30.9 Å². The van der Waals surface area contributed by atoms with E-state index < -0.39 is 5.60 Å². The lowest BCUT2D eigenvalue weighted by Gasteiger charge is -2.32. The summed E-state index contributed by atoms with van der Waals surface area (Å²) in [5, 5.41) is 14.2. The highest BCUT2D eigenvalue weighted by molar-refractivity contribution is 6.32. The molecule has 0 aromatic heterocycles. The molecule has 0 atom stereocenters. The van der Waals surface area contributed by atoms with Crippen molar-refractivity contribution < 1.29 is 9.84 Å². The van der Waals surface area contributed by atoms with Crippen molar-refractivity contribution in [3.05, 3.63) is 23.2 Å². The number of hydrogen-bond acceptors (Lipinski definition) is 3. The molecule has 1 fully saturated rings. The van der Waals surface area contributed by atoms with E-state index >= 15 is 0 Å². The standard InChI is InChI=1S/C14H20ClNO2/c1-18-13-6-5-11(9-12(13)15)16-10-14(17)7-3-2-4-8-14/h5-6,9,16-17H,2-4,7-8,10H2,1H3. The zero-order valence-corrected chi connectivity index (χ0v) is 11.5. The quantitative estimate of drug-likeness (QED) is 0.880. The molecule has 0 spiro atoms. The zero-order chi connectivity index (χ0) is 13.0. The van der Waals surface area contributed by atoms with Crippen LogP contribution in [-0.4, -0.2) is 24.4 Å². The van der Waals surface area contributed by atoms with Crippen LogP contribution in [0.3, 0.4) is 0 Å². The van der Waals surface area contributed by atoms with Gasteiger partial charge in [0.25, 0.3) is 0 Å². The molecule has 0 bridgehead atoms. The van der Waals surface area contributed by atoms with E-state index in [4.69, 9.17) is 16.3 Å². The maximum atomic E-state index is 10.4.